The molecule has 2 heterocycles. The van der Waals surface area contributed by atoms with Crippen molar-refractivity contribution in [3.8, 4) is 22.4 Å². The highest BCUT2D eigenvalue weighted by Gasteiger charge is 2.24. The Kier molecular flexibility index (Phi) is 7.23. The van der Waals surface area contributed by atoms with Crippen LogP contribution < -0.4 is 4.90 Å². The predicted octanol–water partition coefficient (Wildman–Crippen LogP) is 6.78. The molecule has 198 valence electrons. The predicted molar refractivity (Wildman–Crippen MR) is 163 cm³/mol. The molecule has 1 saturated heterocycles. The van der Waals surface area contributed by atoms with E-state index >= 15 is 0 Å². The molecular formula is C35H37N3O. The van der Waals surface area contributed by atoms with E-state index in [4.69, 9.17) is 0 Å². The normalized spacial score (nSPS) is 15.1. The van der Waals surface area contributed by atoms with Crippen molar-refractivity contribution in [2.24, 2.45) is 0 Å². The molecule has 0 aliphatic carbocycles. The fourth-order valence-corrected chi connectivity index (χ4v) is 5.96. The van der Waals surface area contributed by atoms with E-state index in [0.717, 1.165) is 26.2 Å². The highest BCUT2D eigenvalue weighted by atomic mass is 16.3. The number of hydrogen-bond donors (Lipinski definition) is 1. The van der Waals surface area contributed by atoms with E-state index in [0.29, 0.717) is 13.1 Å². The van der Waals surface area contributed by atoms with Crippen LogP contribution in [0, 0.1) is 13.8 Å². The Morgan fingerprint density at radius 1 is 0.667 bits per heavy atom. The standard InChI is InChI=1S/C35H37N3O/c1-26-13-16-30(17-14-26)37-21-19-36(20-22-37)24-31(39)25-38-33-18-15-27(2)23-32(33)34(28-9-5-3-6-10-28)35(38)29-11-7-4-8-12-29/h3-18,23,31,39H,19-22,24-25H2,1-2H3/t31-/m0/s1. The molecule has 4 nitrogen and oxygen atoms in total. The fraction of sp³-hybridized carbons (Fsp3) is 0.257. The summed E-state index contributed by atoms with van der Waals surface area (Å²) in [6.45, 7) is 9.37. The number of fused-ring (bicyclic) bond motifs is 1. The monoisotopic (exact) mass is 515 g/mol. The van der Waals surface area contributed by atoms with E-state index in [-0.39, 0.29) is 0 Å². The van der Waals surface area contributed by atoms with Gasteiger partial charge in [-0.15, -0.1) is 0 Å². The Balaban J connectivity index is 1.29. The van der Waals surface area contributed by atoms with Crippen molar-refractivity contribution in [1.29, 1.82) is 0 Å². The number of anilines is 1. The third-order valence-corrected chi connectivity index (χ3v) is 7.96. The average molecular weight is 516 g/mol. The van der Waals surface area contributed by atoms with Crippen LogP contribution in [-0.2, 0) is 6.54 Å². The summed E-state index contributed by atoms with van der Waals surface area (Å²) in [7, 11) is 0. The number of aliphatic hydroxyl groups is 1. The lowest BCUT2D eigenvalue weighted by Gasteiger charge is -2.37. The number of aromatic nitrogens is 1. The SMILES string of the molecule is Cc1ccc(N2CCN(C[C@H](O)Cn3c(-c4ccccc4)c(-c4ccccc4)c4cc(C)ccc43)CC2)cc1. The minimum absolute atomic E-state index is 0.473. The molecule has 4 heteroatoms. The molecule has 1 aliphatic heterocycles. The zero-order chi connectivity index (χ0) is 26.8. The van der Waals surface area contributed by atoms with Crippen molar-refractivity contribution < 1.29 is 5.11 Å². The second-order valence-corrected chi connectivity index (χ2v) is 10.9. The lowest BCUT2D eigenvalue weighted by molar-refractivity contribution is 0.0963. The third-order valence-electron chi connectivity index (χ3n) is 7.96. The molecule has 6 rings (SSSR count). The van der Waals surface area contributed by atoms with E-state index in [1.165, 1.54) is 50.1 Å². The zero-order valence-corrected chi connectivity index (χ0v) is 22.9. The minimum atomic E-state index is -0.473. The van der Waals surface area contributed by atoms with Gasteiger partial charge in [0.2, 0.25) is 0 Å². The van der Waals surface area contributed by atoms with Gasteiger partial charge < -0.3 is 14.6 Å². The van der Waals surface area contributed by atoms with Gasteiger partial charge in [0, 0.05) is 54.9 Å². The summed E-state index contributed by atoms with van der Waals surface area (Å²) in [5.41, 5.74) is 9.76. The molecule has 0 saturated carbocycles. The number of piperazine rings is 1. The lowest BCUT2D eigenvalue weighted by Crippen LogP contribution is -2.49. The van der Waals surface area contributed by atoms with Gasteiger partial charge in [-0.3, -0.25) is 4.90 Å². The maximum Gasteiger partial charge on any atom is 0.0845 e. The summed E-state index contributed by atoms with van der Waals surface area (Å²) >= 11 is 0. The van der Waals surface area contributed by atoms with Crippen LogP contribution in [0.2, 0.25) is 0 Å². The van der Waals surface area contributed by atoms with Gasteiger partial charge in [-0.1, -0.05) is 90.0 Å². The Morgan fingerprint density at radius 2 is 1.28 bits per heavy atom. The molecule has 0 bridgehead atoms. The van der Waals surface area contributed by atoms with Gasteiger partial charge in [-0.25, -0.2) is 0 Å². The van der Waals surface area contributed by atoms with Crippen molar-refractivity contribution in [2.45, 2.75) is 26.5 Å². The van der Waals surface area contributed by atoms with Crippen LogP contribution in [0.15, 0.2) is 103 Å². The van der Waals surface area contributed by atoms with E-state index in [1.807, 2.05) is 0 Å². The number of rotatable bonds is 7. The first kappa shape index (κ1) is 25.4. The molecule has 0 radical (unpaired) electrons. The van der Waals surface area contributed by atoms with E-state index in [1.54, 1.807) is 0 Å². The smallest absolute Gasteiger partial charge is 0.0845 e. The second-order valence-electron chi connectivity index (χ2n) is 10.9. The molecule has 39 heavy (non-hydrogen) atoms. The van der Waals surface area contributed by atoms with Gasteiger partial charge in [-0.2, -0.15) is 0 Å². The van der Waals surface area contributed by atoms with E-state index < -0.39 is 6.10 Å². The summed E-state index contributed by atoms with van der Waals surface area (Å²) in [5, 5.41) is 12.7. The number of aliphatic hydroxyl groups excluding tert-OH is 1. The molecule has 1 fully saturated rings. The van der Waals surface area contributed by atoms with Gasteiger partial charge >= 0.3 is 0 Å². The van der Waals surface area contributed by atoms with Crippen LogP contribution in [0.1, 0.15) is 11.1 Å². The Hall–Kier alpha value is -3.86. The van der Waals surface area contributed by atoms with Crippen molar-refractivity contribution in [3.63, 3.8) is 0 Å². The molecule has 1 aromatic heterocycles. The maximum atomic E-state index is 11.5. The lowest BCUT2D eigenvalue weighted by atomic mass is 9.98. The zero-order valence-electron chi connectivity index (χ0n) is 22.9. The summed E-state index contributed by atoms with van der Waals surface area (Å²) < 4.78 is 2.35. The Labute approximate surface area is 231 Å². The van der Waals surface area contributed by atoms with Crippen molar-refractivity contribution in [3.05, 3.63) is 114 Å². The summed E-state index contributed by atoms with van der Waals surface area (Å²) in [6.07, 6.45) is -0.473. The average Bonchev–Trinajstić information content (AvgIpc) is 3.27. The number of β-amino-alcohol motifs (C(OH)–C–C–N with tert-alkyl or cyclic N) is 1. The molecule has 0 spiro atoms. The van der Waals surface area contributed by atoms with E-state index in [9.17, 15) is 5.11 Å². The number of aryl methyl sites for hydroxylation is 2. The molecular weight excluding hydrogens is 478 g/mol. The van der Waals surface area contributed by atoms with Gasteiger partial charge in [0.15, 0.2) is 0 Å². The molecule has 4 aromatic carbocycles. The second kappa shape index (κ2) is 11.1. The molecule has 0 amide bonds. The largest absolute Gasteiger partial charge is 0.390 e. The molecule has 5 aromatic rings. The first-order valence-corrected chi connectivity index (χ1v) is 14.0. The topological polar surface area (TPSA) is 31.6 Å². The Morgan fingerprint density at radius 3 is 1.95 bits per heavy atom. The van der Waals surface area contributed by atoms with Crippen molar-refractivity contribution >= 4 is 16.6 Å². The Bertz CT molecular complexity index is 1530. The minimum Gasteiger partial charge on any atom is -0.390 e. The molecule has 1 aliphatic rings. The van der Waals surface area contributed by atoms with Crippen molar-refractivity contribution in [2.75, 3.05) is 37.6 Å². The fourth-order valence-electron chi connectivity index (χ4n) is 5.96. The number of nitrogens with zero attached hydrogens (tertiary/aromatic N) is 3. The van der Waals surface area contributed by atoms with Crippen molar-refractivity contribution in [1.82, 2.24) is 9.47 Å². The van der Waals surface area contributed by atoms with Crippen LogP contribution in [0.4, 0.5) is 5.69 Å². The first-order valence-electron chi connectivity index (χ1n) is 14.0. The highest BCUT2D eigenvalue weighted by molar-refractivity contribution is 6.04. The van der Waals surface area contributed by atoms with E-state index in [2.05, 4.69) is 131 Å². The van der Waals surface area contributed by atoms with Crippen LogP contribution in [0.3, 0.4) is 0 Å². The summed E-state index contributed by atoms with van der Waals surface area (Å²) in [5.74, 6) is 0. The summed E-state index contributed by atoms with van der Waals surface area (Å²) in [6, 6.07) is 36.8. The van der Waals surface area contributed by atoms with Gasteiger partial charge in [0.05, 0.1) is 18.3 Å². The third kappa shape index (κ3) is 5.36. The van der Waals surface area contributed by atoms with Crippen LogP contribution in [-0.4, -0.2) is 53.4 Å². The van der Waals surface area contributed by atoms with Gasteiger partial charge in [-0.05, 0) is 49.2 Å². The quantitative estimate of drug-likeness (QED) is 0.259. The molecule has 1 N–H and O–H groups in total. The van der Waals surface area contributed by atoms with Crippen LogP contribution in [0.5, 0.6) is 0 Å². The summed E-state index contributed by atoms with van der Waals surface area (Å²) in [4.78, 5) is 4.86. The first-order chi connectivity index (χ1) is 19.1. The van der Waals surface area contributed by atoms with Crippen LogP contribution >= 0.6 is 0 Å². The van der Waals surface area contributed by atoms with Crippen LogP contribution in [0.25, 0.3) is 33.3 Å². The number of benzene rings is 4. The highest BCUT2D eigenvalue weighted by Crippen LogP contribution is 2.41. The van der Waals surface area contributed by atoms with Gasteiger partial charge in [0.25, 0.3) is 0 Å². The van der Waals surface area contributed by atoms with Gasteiger partial charge in [0.1, 0.15) is 0 Å². The molecule has 0 unspecified atom stereocenters. The maximum absolute atomic E-state index is 11.5. The number of hydrogen-bond acceptors (Lipinski definition) is 3. The molecule has 1 atom stereocenters.